The molecule has 0 aliphatic heterocycles. The molecule has 0 spiro atoms. The van der Waals surface area contributed by atoms with Gasteiger partial charge in [0.15, 0.2) is 0 Å². The standard InChI is InChI=1S/C9H12N2O3/c1-6-3-9(14-2)7(5-10)4-8(6)11(12)13/h3-4H,5,10H2,1-2H3. The van der Waals surface area contributed by atoms with Crippen molar-refractivity contribution in [2.75, 3.05) is 7.11 Å². The van der Waals surface area contributed by atoms with Gasteiger partial charge < -0.3 is 10.5 Å². The van der Waals surface area contributed by atoms with Gasteiger partial charge in [-0.1, -0.05) is 0 Å². The molecule has 14 heavy (non-hydrogen) atoms. The second-order valence-electron chi connectivity index (χ2n) is 2.91. The van der Waals surface area contributed by atoms with Crippen LogP contribution in [-0.2, 0) is 6.54 Å². The van der Waals surface area contributed by atoms with Gasteiger partial charge in [-0.05, 0) is 13.0 Å². The van der Waals surface area contributed by atoms with E-state index in [1.165, 1.54) is 13.2 Å². The van der Waals surface area contributed by atoms with Crippen LogP contribution in [0.2, 0.25) is 0 Å². The first-order chi connectivity index (χ1) is 6.60. The van der Waals surface area contributed by atoms with Gasteiger partial charge >= 0.3 is 0 Å². The van der Waals surface area contributed by atoms with Gasteiger partial charge in [-0.15, -0.1) is 0 Å². The first-order valence-corrected chi connectivity index (χ1v) is 4.12. The fourth-order valence-electron chi connectivity index (χ4n) is 1.26. The summed E-state index contributed by atoms with van der Waals surface area (Å²) in [4.78, 5) is 10.2. The molecule has 0 radical (unpaired) electrons. The number of aryl methyl sites for hydroxylation is 1. The van der Waals surface area contributed by atoms with Crippen molar-refractivity contribution in [1.82, 2.24) is 0 Å². The van der Waals surface area contributed by atoms with Crippen molar-refractivity contribution >= 4 is 5.69 Å². The van der Waals surface area contributed by atoms with Crippen molar-refractivity contribution < 1.29 is 9.66 Å². The second kappa shape index (κ2) is 4.06. The predicted molar refractivity (Wildman–Crippen MR) is 52.3 cm³/mol. The number of ether oxygens (including phenoxy) is 1. The fraction of sp³-hybridized carbons (Fsp3) is 0.333. The predicted octanol–water partition coefficient (Wildman–Crippen LogP) is 1.37. The zero-order chi connectivity index (χ0) is 10.7. The Balaban J connectivity index is 3.30. The number of benzene rings is 1. The lowest BCUT2D eigenvalue weighted by atomic mass is 10.1. The summed E-state index contributed by atoms with van der Waals surface area (Å²) in [6.07, 6.45) is 0. The van der Waals surface area contributed by atoms with E-state index in [0.717, 1.165) is 0 Å². The van der Waals surface area contributed by atoms with Crippen molar-refractivity contribution in [3.8, 4) is 5.75 Å². The van der Waals surface area contributed by atoms with Gasteiger partial charge in [0.05, 0.1) is 12.0 Å². The Kier molecular flexibility index (Phi) is 3.03. The van der Waals surface area contributed by atoms with Crippen molar-refractivity contribution in [3.05, 3.63) is 33.4 Å². The maximum absolute atomic E-state index is 10.6. The van der Waals surface area contributed by atoms with Gasteiger partial charge in [0, 0.05) is 23.7 Å². The molecule has 0 atom stereocenters. The number of methoxy groups -OCH3 is 1. The molecule has 0 amide bonds. The first kappa shape index (κ1) is 10.5. The van der Waals surface area contributed by atoms with E-state index >= 15 is 0 Å². The largest absolute Gasteiger partial charge is 0.496 e. The third-order valence-electron chi connectivity index (χ3n) is 2.02. The molecular weight excluding hydrogens is 184 g/mol. The molecule has 0 aliphatic carbocycles. The van der Waals surface area contributed by atoms with Crippen molar-refractivity contribution in [2.45, 2.75) is 13.5 Å². The summed E-state index contributed by atoms with van der Waals surface area (Å²) < 4.78 is 5.05. The van der Waals surface area contributed by atoms with Gasteiger partial charge in [0.1, 0.15) is 5.75 Å². The number of hydrogen-bond donors (Lipinski definition) is 1. The molecule has 0 aliphatic rings. The minimum Gasteiger partial charge on any atom is -0.496 e. The summed E-state index contributed by atoms with van der Waals surface area (Å²) in [7, 11) is 1.51. The SMILES string of the molecule is COc1cc(C)c([N+](=O)[O-])cc1CN. The zero-order valence-electron chi connectivity index (χ0n) is 8.11. The Morgan fingerprint density at radius 1 is 1.57 bits per heavy atom. The van der Waals surface area contributed by atoms with Crippen LogP contribution in [0.3, 0.4) is 0 Å². The van der Waals surface area contributed by atoms with E-state index in [0.29, 0.717) is 16.9 Å². The van der Waals surface area contributed by atoms with E-state index in [9.17, 15) is 10.1 Å². The highest BCUT2D eigenvalue weighted by Gasteiger charge is 2.14. The monoisotopic (exact) mass is 196 g/mol. The highest BCUT2D eigenvalue weighted by atomic mass is 16.6. The normalized spacial score (nSPS) is 9.93. The lowest BCUT2D eigenvalue weighted by Gasteiger charge is -2.07. The molecule has 0 saturated carbocycles. The van der Waals surface area contributed by atoms with Gasteiger partial charge in [-0.2, -0.15) is 0 Å². The topological polar surface area (TPSA) is 78.4 Å². The Morgan fingerprint density at radius 3 is 2.64 bits per heavy atom. The van der Waals surface area contributed by atoms with Gasteiger partial charge in [0.25, 0.3) is 5.69 Å². The van der Waals surface area contributed by atoms with Crippen LogP contribution in [-0.4, -0.2) is 12.0 Å². The summed E-state index contributed by atoms with van der Waals surface area (Å²) >= 11 is 0. The third-order valence-corrected chi connectivity index (χ3v) is 2.02. The Hall–Kier alpha value is -1.62. The zero-order valence-corrected chi connectivity index (χ0v) is 8.11. The van der Waals surface area contributed by atoms with E-state index in [4.69, 9.17) is 10.5 Å². The lowest BCUT2D eigenvalue weighted by molar-refractivity contribution is -0.385. The van der Waals surface area contributed by atoms with E-state index in [2.05, 4.69) is 0 Å². The van der Waals surface area contributed by atoms with Crippen LogP contribution < -0.4 is 10.5 Å². The molecule has 76 valence electrons. The van der Waals surface area contributed by atoms with E-state index in [1.807, 2.05) is 0 Å². The first-order valence-electron chi connectivity index (χ1n) is 4.12. The minimum atomic E-state index is -0.423. The van der Waals surface area contributed by atoms with Crippen molar-refractivity contribution in [2.24, 2.45) is 5.73 Å². The van der Waals surface area contributed by atoms with Crippen LogP contribution >= 0.6 is 0 Å². The van der Waals surface area contributed by atoms with Crippen LogP contribution in [0.25, 0.3) is 0 Å². The molecule has 0 unspecified atom stereocenters. The highest BCUT2D eigenvalue weighted by Crippen LogP contribution is 2.27. The molecule has 0 saturated heterocycles. The molecule has 2 N–H and O–H groups in total. The minimum absolute atomic E-state index is 0.0752. The summed E-state index contributed by atoms with van der Waals surface area (Å²) in [5.74, 6) is 0.593. The van der Waals surface area contributed by atoms with E-state index in [1.54, 1.807) is 13.0 Å². The summed E-state index contributed by atoms with van der Waals surface area (Å²) in [5.41, 5.74) is 6.73. The Morgan fingerprint density at radius 2 is 2.21 bits per heavy atom. The molecule has 0 fully saturated rings. The number of nitrogens with zero attached hydrogens (tertiary/aromatic N) is 1. The van der Waals surface area contributed by atoms with Crippen molar-refractivity contribution in [1.29, 1.82) is 0 Å². The van der Waals surface area contributed by atoms with Crippen LogP contribution in [0, 0.1) is 17.0 Å². The van der Waals surface area contributed by atoms with Crippen molar-refractivity contribution in [3.63, 3.8) is 0 Å². The quantitative estimate of drug-likeness (QED) is 0.585. The molecular formula is C9H12N2O3. The smallest absolute Gasteiger partial charge is 0.272 e. The number of nitro groups is 1. The Labute approximate surface area is 81.6 Å². The molecule has 1 rings (SSSR count). The number of nitro benzene ring substituents is 1. The summed E-state index contributed by atoms with van der Waals surface area (Å²) in [5, 5.41) is 10.6. The van der Waals surface area contributed by atoms with Crippen LogP contribution in [0.15, 0.2) is 12.1 Å². The van der Waals surface area contributed by atoms with Crippen LogP contribution in [0.5, 0.6) is 5.75 Å². The molecule has 5 nitrogen and oxygen atoms in total. The number of nitrogens with two attached hydrogens (primary N) is 1. The lowest BCUT2D eigenvalue weighted by Crippen LogP contribution is -2.02. The van der Waals surface area contributed by atoms with Crippen LogP contribution in [0.1, 0.15) is 11.1 Å². The number of rotatable bonds is 3. The molecule has 5 heteroatoms. The van der Waals surface area contributed by atoms with Gasteiger partial charge in [-0.3, -0.25) is 10.1 Å². The fourth-order valence-corrected chi connectivity index (χ4v) is 1.26. The highest BCUT2D eigenvalue weighted by molar-refractivity contribution is 5.49. The van der Waals surface area contributed by atoms with Gasteiger partial charge in [-0.25, -0.2) is 0 Å². The summed E-state index contributed by atoms with van der Waals surface area (Å²) in [6.45, 7) is 1.89. The van der Waals surface area contributed by atoms with Crippen LogP contribution in [0.4, 0.5) is 5.69 Å². The molecule has 0 heterocycles. The Bertz CT molecular complexity index is 363. The average Bonchev–Trinajstić information content (AvgIpc) is 2.16. The van der Waals surface area contributed by atoms with E-state index in [-0.39, 0.29) is 12.2 Å². The molecule has 1 aromatic rings. The number of hydrogen-bond acceptors (Lipinski definition) is 4. The summed E-state index contributed by atoms with van der Waals surface area (Å²) in [6, 6.07) is 3.08. The molecule has 0 aromatic heterocycles. The third kappa shape index (κ3) is 1.82. The van der Waals surface area contributed by atoms with Gasteiger partial charge in [0.2, 0.25) is 0 Å². The molecule has 1 aromatic carbocycles. The van der Waals surface area contributed by atoms with E-state index < -0.39 is 4.92 Å². The maximum atomic E-state index is 10.6. The second-order valence-corrected chi connectivity index (χ2v) is 2.91. The molecule has 0 bridgehead atoms. The average molecular weight is 196 g/mol. The maximum Gasteiger partial charge on any atom is 0.272 e.